The minimum Gasteiger partial charge on any atom is -0.370 e. The Hall–Kier alpha value is -1.89. The molecule has 0 aliphatic heterocycles. The first kappa shape index (κ1) is 15.2. The number of hydrogen-bond acceptors (Lipinski definition) is 5. The van der Waals surface area contributed by atoms with Crippen LogP contribution < -0.4 is 5.32 Å². The first-order chi connectivity index (χ1) is 9.06. The average molecular weight is 289 g/mol. The van der Waals surface area contributed by atoms with Crippen molar-refractivity contribution in [3.8, 4) is 0 Å². The molecule has 0 saturated carbocycles. The van der Waals surface area contributed by atoms with E-state index in [1.165, 1.54) is 4.90 Å². The van der Waals surface area contributed by atoms with E-state index in [1.54, 1.807) is 25.4 Å². The van der Waals surface area contributed by atoms with E-state index in [2.05, 4.69) is 10.3 Å². The maximum atomic E-state index is 12.5. The van der Waals surface area contributed by atoms with Crippen LogP contribution in [0.4, 0.5) is 4.39 Å². The fourth-order valence-electron chi connectivity index (χ4n) is 1.51. The molecule has 0 bridgehead atoms. The molecule has 1 N–H and O–H groups in total. The Balaban J connectivity index is 2.87. The van der Waals surface area contributed by atoms with Gasteiger partial charge in [0, 0.05) is 26.3 Å². The summed E-state index contributed by atoms with van der Waals surface area (Å²) in [4.78, 5) is 15.4. The van der Waals surface area contributed by atoms with E-state index >= 15 is 0 Å². The number of nitrogens with zero attached hydrogens (tertiary/aromatic N) is 3. The Labute approximate surface area is 115 Å². The second-order valence-corrected chi connectivity index (χ2v) is 4.04. The van der Waals surface area contributed by atoms with Crippen LogP contribution in [-0.2, 0) is 6.54 Å². The fourth-order valence-corrected chi connectivity index (χ4v) is 1.62. The monoisotopic (exact) mass is 288 g/mol. The zero-order chi connectivity index (χ0) is 14.3. The minimum absolute atomic E-state index is 0.0448. The molecule has 0 atom stereocenters. The molecule has 0 radical (unpaired) electrons. The normalized spacial score (nSPS) is 11.2. The topological polar surface area (TPSA) is 71.3 Å². The molecule has 0 unspecified atom stereocenters. The van der Waals surface area contributed by atoms with Crippen molar-refractivity contribution in [2.24, 2.45) is 0 Å². The van der Waals surface area contributed by atoms with Gasteiger partial charge in [0.2, 0.25) is 0 Å². The molecule has 0 fully saturated rings. The molecule has 0 aromatic carbocycles. The number of alkyl halides is 1. The third-order valence-corrected chi connectivity index (χ3v) is 2.56. The molecular weight excluding hydrogens is 275 g/mol. The van der Waals surface area contributed by atoms with Crippen LogP contribution in [0.1, 0.15) is 5.56 Å². The first-order valence-electron chi connectivity index (χ1n) is 5.51. The van der Waals surface area contributed by atoms with Gasteiger partial charge in [0.1, 0.15) is 11.8 Å². The summed E-state index contributed by atoms with van der Waals surface area (Å²) in [7, 11) is 1.54. The van der Waals surface area contributed by atoms with E-state index in [0.717, 1.165) is 11.8 Å². The molecule has 0 saturated heterocycles. The predicted octanol–water partition coefficient (Wildman–Crippen LogP) is 1.80. The summed E-state index contributed by atoms with van der Waals surface area (Å²) < 4.78 is 12.5. The van der Waals surface area contributed by atoms with E-state index in [0.29, 0.717) is 11.7 Å². The van der Waals surface area contributed by atoms with Gasteiger partial charge < -0.3 is 10.2 Å². The molecule has 8 heteroatoms. The molecule has 6 nitrogen and oxygen atoms in total. The third kappa shape index (κ3) is 5.09. The van der Waals surface area contributed by atoms with Crippen LogP contribution >= 0.6 is 11.6 Å². The van der Waals surface area contributed by atoms with Gasteiger partial charge in [-0.15, -0.1) is 0 Å². The van der Waals surface area contributed by atoms with Gasteiger partial charge in [0.25, 0.3) is 6.20 Å². The van der Waals surface area contributed by atoms with Crippen molar-refractivity contribution in [2.45, 2.75) is 6.54 Å². The van der Waals surface area contributed by atoms with Crippen molar-refractivity contribution >= 4 is 11.6 Å². The van der Waals surface area contributed by atoms with Crippen molar-refractivity contribution in [1.29, 1.82) is 0 Å². The highest BCUT2D eigenvalue weighted by atomic mass is 35.5. The Bertz CT molecular complexity index is 453. The third-order valence-electron chi connectivity index (χ3n) is 2.34. The number of nitro groups is 1. The van der Waals surface area contributed by atoms with E-state index in [4.69, 9.17) is 11.6 Å². The summed E-state index contributed by atoms with van der Waals surface area (Å²) in [6.07, 6.45) is 2.35. The Morgan fingerprint density at radius 3 is 2.89 bits per heavy atom. The number of aromatic nitrogens is 1. The predicted molar refractivity (Wildman–Crippen MR) is 69.8 cm³/mol. The van der Waals surface area contributed by atoms with Crippen molar-refractivity contribution < 1.29 is 9.31 Å². The second kappa shape index (κ2) is 7.52. The number of nitrogens with one attached hydrogen (secondary N) is 1. The summed E-state index contributed by atoms with van der Waals surface area (Å²) >= 11 is 5.67. The van der Waals surface area contributed by atoms with E-state index in [-0.39, 0.29) is 12.4 Å². The Kier molecular flexibility index (Phi) is 6.01. The zero-order valence-electron chi connectivity index (χ0n) is 10.3. The van der Waals surface area contributed by atoms with Crippen LogP contribution in [-0.4, -0.2) is 35.1 Å². The van der Waals surface area contributed by atoms with Gasteiger partial charge in [0.15, 0.2) is 5.82 Å². The molecule has 0 spiro atoms. The quantitative estimate of drug-likeness (QED) is 0.471. The number of rotatable bonds is 7. The van der Waals surface area contributed by atoms with Gasteiger partial charge in [0.05, 0.1) is 4.92 Å². The van der Waals surface area contributed by atoms with Gasteiger partial charge in [-0.1, -0.05) is 17.7 Å². The highest BCUT2D eigenvalue weighted by molar-refractivity contribution is 6.29. The fraction of sp³-hybridized carbons (Fsp3) is 0.364. The Morgan fingerprint density at radius 1 is 1.68 bits per heavy atom. The van der Waals surface area contributed by atoms with Crippen LogP contribution in [0, 0.1) is 10.1 Å². The molecule has 1 rings (SSSR count). The zero-order valence-corrected chi connectivity index (χ0v) is 11.1. The lowest BCUT2D eigenvalue weighted by Gasteiger charge is -2.24. The number of halogens is 2. The lowest BCUT2D eigenvalue weighted by molar-refractivity contribution is -0.404. The summed E-state index contributed by atoms with van der Waals surface area (Å²) in [6, 6.07) is 3.35. The first-order valence-corrected chi connectivity index (χ1v) is 5.89. The van der Waals surface area contributed by atoms with Gasteiger partial charge in [-0.3, -0.25) is 10.1 Å². The van der Waals surface area contributed by atoms with Gasteiger partial charge in [-0.05, 0) is 11.6 Å². The van der Waals surface area contributed by atoms with Crippen LogP contribution in [0.5, 0.6) is 0 Å². The van der Waals surface area contributed by atoms with E-state index < -0.39 is 11.6 Å². The highest BCUT2D eigenvalue weighted by Gasteiger charge is 2.12. The number of hydrogen-bond donors (Lipinski definition) is 1. The Morgan fingerprint density at radius 2 is 2.42 bits per heavy atom. The molecular formula is C11H14ClFN4O2. The summed E-state index contributed by atoms with van der Waals surface area (Å²) in [5, 5.41) is 13.6. The van der Waals surface area contributed by atoms with E-state index in [9.17, 15) is 14.5 Å². The van der Waals surface area contributed by atoms with Gasteiger partial charge in [-0.25, -0.2) is 9.37 Å². The number of pyridine rings is 1. The lowest BCUT2D eigenvalue weighted by atomic mass is 10.2. The van der Waals surface area contributed by atoms with Gasteiger partial charge in [-0.2, -0.15) is 0 Å². The van der Waals surface area contributed by atoms with Crippen molar-refractivity contribution in [3.63, 3.8) is 0 Å². The molecule has 1 heterocycles. The molecule has 0 amide bonds. The lowest BCUT2D eigenvalue weighted by Crippen LogP contribution is -2.32. The van der Waals surface area contributed by atoms with Crippen molar-refractivity contribution in [1.82, 2.24) is 15.2 Å². The van der Waals surface area contributed by atoms with E-state index in [1.807, 2.05) is 0 Å². The molecule has 1 aromatic rings. The maximum Gasteiger partial charge on any atom is 0.274 e. The SMILES string of the molecule is CN/C(=C\[N+](=O)[O-])N(CCF)Cc1ccc(Cl)nc1. The minimum atomic E-state index is -0.613. The maximum absolute atomic E-state index is 12.5. The molecule has 1 aromatic heterocycles. The second-order valence-electron chi connectivity index (χ2n) is 3.65. The van der Waals surface area contributed by atoms with Crippen molar-refractivity contribution in [2.75, 3.05) is 20.3 Å². The van der Waals surface area contributed by atoms with Crippen LogP contribution in [0.25, 0.3) is 0 Å². The molecule has 104 valence electrons. The van der Waals surface area contributed by atoms with Crippen LogP contribution in [0.15, 0.2) is 30.4 Å². The molecule has 0 aliphatic carbocycles. The highest BCUT2D eigenvalue weighted by Crippen LogP contribution is 2.11. The standard InChI is InChI=1S/C11H14ClFN4O2/c1-14-11(8-17(18)19)16(5-4-13)7-9-2-3-10(12)15-6-9/h2-3,6,8,14H,4-5,7H2,1H3/b11-8+. The summed E-state index contributed by atoms with van der Waals surface area (Å²) in [6.45, 7) is -0.268. The smallest absolute Gasteiger partial charge is 0.274 e. The van der Waals surface area contributed by atoms with Crippen LogP contribution in [0.3, 0.4) is 0 Å². The van der Waals surface area contributed by atoms with Crippen molar-refractivity contribution in [3.05, 3.63) is 51.2 Å². The molecule has 19 heavy (non-hydrogen) atoms. The van der Waals surface area contributed by atoms with Gasteiger partial charge >= 0.3 is 0 Å². The summed E-state index contributed by atoms with van der Waals surface area (Å²) in [5.74, 6) is 0.234. The van der Waals surface area contributed by atoms with Crippen LogP contribution in [0.2, 0.25) is 5.15 Å². The molecule has 0 aliphatic rings. The average Bonchev–Trinajstić information content (AvgIpc) is 2.38. The largest absolute Gasteiger partial charge is 0.370 e. The summed E-state index contributed by atoms with van der Waals surface area (Å²) in [5.41, 5.74) is 0.780.